The van der Waals surface area contributed by atoms with Crippen LogP contribution in [0.5, 0.6) is 0 Å². The maximum Gasteiger partial charge on any atom is 0.303 e. The fourth-order valence-electron chi connectivity index (χ4n) is 1.64. The molecule has 5 nitrogen and oxygen atoms in total. The van der Waals surface area contributed by atoms with E-state index in [1.54, 1.807) is 6.08 Å². The zero-order chi connectivity index (χ0) is 12.8. The molecule has 0 spiro atoms. The summed E-state index contributed by atoms with van der Waals surface area (Å²) in [4.78, 5) is 22.0. The highest BCUT2D eigenvalue weighted by Gasteiger charge is 2.24. The van der Waals surface area contributed by atoms with E-state index in [0.29, 0.717) is 19.4 Å². The van der Waals surface area contributed by atoms with E-state index >= 15 is 0 Å². The molecule has 0 saturated heterocycles. The number of aliphatic carboxylic acids is 1. The largest absolute Gasteiger partial charge is 0.511 e. The smallest absolute Gasteiger partial charge is 0.303 e. The Kier molecular flexibility index (Phi) is 4.75. The van der Waals surface area contributed by atoms with E-state index in [0.717, 1.165) is 5.57 Å². The Morgan fingerprint density at radius 1 is 1.47 bits per heavy atom. The minimum atomic E-state index is -0.876. The number of aliphatic hydroxyl groups excluding tert-OH is 1. The summed E-state index contributed by atoms with van der Waals surface area (Å²) in [5, 5.41) is 20.6. The van der Waals surface area contributed by atoms with Gasteiger partial charge in [0.15, 0.2) is 0 Å². The highest BCUT2D eigenvalue weighted by atomic mass is 16.4. The van der Waals surface area contributed by atoms with Crippen molar-refractivity contribution in [2.75, 3.05) is 6.54 Å². The van der Waals surface area contributed by atoms with Gasteiger partial charge in [0.25, 0.3) is 0 Å². The monoisotopic (exact) mass is 239 g/mol. The second kappa shape index (κ2) is 6.08. The molecule has 0 saturated carbocycles. The Bertz CT molecular complexity index is 371. The van der Waals surface area contributed by atoms with Crippen LogP contribution in [0, 0.1) is 5.92 Å². The molecule has 1 aliphatic carbocycles. The summed E-state index contributed by atoms with van der Waals surface area (Å²) in [6, 6.07) is 0. The lowest BCUT2D eigenvalue weighted by Crippen LogP contribution is -2.33. The minimum absolute atomic E-state index is 0.0334. The number of hydrogen-bond donors (Lipinski definition) is 3. The molecule has 0 radical (unpaired) electrons. The molecule has 0 aromatic heterocycles. The minimum Gasteiger partial charge on any atom is -0.511 e. The first-order valence-corrected chi connectivity index (χ1v) is 5.56. The highest BCUT2D eigenvalue weighted by Crippen LogP contribution is 2.23. The molecule has 17 heavy (non-hydrogen) atoms. The van der Waals surface area contributed by atoms with Crippen molar-refractivity contribution in [1.82, 2.24) is 5.32 Å². The molecule has 0 fully saturated rings. The maximum absolute atomic E-state index is 11.7. The van der Waals surface area contributed by atoms with E-state index in [1.807, 2.05) is 6.92 Å². The topological polar surface area (TPSA) is 86.6 Å². The second-order valence-corrected chi connectivity index (χ2v) is 4.15. The molecule has 0 aliphatic heterocycles. The first-order valence-electron chi connectivity index (χ1n) is 5.56. The van der Waals surface area contributed by atoms with E-state index in [-0.39, 0.29) is 18.1 Å². The molecule has 0 bridgehead atoms. The van der Waals surface area contributed by atoms with Gasteiger partial charge in [0.1, 0.15) is 5.76 Å². The Morgan fingerprint density at radius 2 is 2.18 bits per heavy atom. The fourth-order valence-corrected chi connectivity index (χ4v) is 1.64. The van der Waals surface area contributed by atoms with Crippen molar-refractivity contribution in [3.8, 4) is 0 Å². The zero-order valence-corrected chi connectivity index (χ0v) is 9.77. The quantitative estimate of drug-likeness (QED) is 0.632. The Balaban J connectivity index is 2.36. The number of hydrogen-bond acceptors (Lipinski definition) is 3. The van der Waals surface area contributed by atoms with Crippen molar-refractivity contribution >= 4 is 11.9 Å². The number of amides is 1. The molecular weight excluding hydrogens is 222 g/mol. The van der Waals surface area contributed by atoms with Gasteiger partial charge in [-0.05, 0) is 25.8 Å². The summed E-state index contributed by atoms with van der Waals surface area (Å²) in [7, 11) is 0. The van der Waals surface area contributed by atoms with Crippen molar-refractivity contribution in [2.45, 2.75) is 26.2 Å². The van der Waals surface area contributed by atoms with E-state index < -0.39 is 11.9 Å². The van der Waals surface area contributed by atoms with Gasteiger partial charge in [0.2, 0.25) is 5.91 Å². The Morgan fingerprint density at radius 3 is 2.82 bits per heavy atom. The number of carboxylic acids is 1. The molecule has 1 unspecified atom stereocenters. The van der Waals surface area contributed by atoms with Gasteiger partial charge in [-0.2, -0.15) is 0 Å². The molecule has 3 N–H and O–H groups in total. The number of carbonyl (C=O) groups excluding carboxylic acids is 1. The lowest BCUT2D eigenvalue weighted by Gasteiger charge is -2.19. The van der Waals surface area contributed by atoms with Crippen LogP contribution in [-0.2, 0) is 9.59 Å². The molecule has 0 aromatic rings. The van der Waals surface area contributed by atoms with Gasteiger partial charge in [-0.25, -0.2) is 0 Å². The van der Waals surface area contributed by atoms with Crippen LogP contribution in [0.2, 0.25) is 0 Å². The average molecular weight is 239 g/mol. The van der Waals surface area contributed by atoms with Crippen molar-refractivity contribution in [3.63, 3.8) is 0 Å². The van der Waals surface area contributed by atoms with Crippen LogP contribution in [0.1, 0.15) is 26.2 Å². The van der Waals surface area contributed by atoms with Gasteiger partial charge in [0, 0.05) is 13.0 Å². The highest BCUT2D eigenvalue weighted by molar-refractivity contribution is 5.81. The van der Waals surface area contributed by atoms with Crippen LogP contribution in [-0.4, -0.2) is 28.6 Å². The predicted molar refractivity (Wildman–Crippen MR) is 62.5 cm³/mol. The van der Waals surface area contributed by atoms with E-state index in [9.17, 15) is 14.7 Å². The Hall–Kier alpha value is -1.78. The van der Waals surface area contributed by atoms with Gasteiger partial charge >= 0.3 is 5.97 Å². The number of rotatable bonds is 5. The van der Waals surface area contributed by atoms with E-state index in [4.69, 9.17) is 5.11 Å². The standard InChI is InChI=1S/C12H17NO4/c1-8-4-5-10(14)9(7-8)12(17)13-6-2-3-11(15)16/h4-5,9,14H,2-3,6-7H2,1H3,(H,13,17)(H,15,16). The van der Waals surface area contributed by atoms with Crippen molar-refractivity contribution in [1.29, 1.82) is 0 Å². The van der Waals surface area contributed by atoms with Crippen LogP contribution in [0.15, 0.2) is 23.5 Å². The van der Waals surface area contributed by atoms with Gasteiger partial charge < -0.3 is 15.5 Å². The molecule has 0 aromatic carbocycles. The van der Waals surface area contributed by atoms with Crippen LogP contribution >= 0.6 is 0 Å². The lowest BCUT2D eigenvalue weighted by molar-refractivity contribution is -0.137. The molecule has 94 valence electrons. The third-order valence-electron chi connectivity index (χ3n) is 2.60. The molecule has 1 rings (SSSR count). The van der Waals surface area contributed by atoms with E-state index in [1.165, 1.54) is 6.08 Å². The summed E-state index contributed by atoms with van der Waals surface area (Å²) in [6.45, 7) is 2.21. The number of nitrogens with one attached hydrogen (secondary N) is 1. The summed E-state index contributed by atoms with van der Waals surface area (Å²) >= 11 is 0. The number of carboxylic acid groups (broad SMARTS) is 1. The third kappa shape index (κ3) is 4.30. The number of aliphatic hydroxyl groups is 1. The lowest BCUT2D eigenvalue weighted by atomic mass is 9.92. The molecular formula is C12H17NO4. The average Bonchev–Trinajstić information content (AvgIpc) is 2.27. The van der Waals surface area contributed by atoms with Crippen molar-refractivity contribution < 1.29 is 19.8 Å². The van der Waals surface area contributed by atoms with E-state index in [2.05, 4.69) is 5.32 Å². The molecule has 5 heteroatoms. The predicted octanol–water partition coefficient (Wildman–Crippen LogP) is 1.38. The van der Waals surface area contributed by atoms with Crippen molar-refractivity contribution in [2.24, 2.45) is 5.92 Å². The first kappa shape index (κ1) is 13.3. The second-order valence-electron chi connectivity index (χ2n) is 4.15. The summed E-state index contributed by atoms with van der Waals surface area (Å²) in [5.74, 6) is -1.61. The summed E-state index contributed by atoms with van der Waals surface area (Å²) < 4.78 is 0. The van der Waals surface area contributed by atoms with Crippen molar-refractivity contribution in [3.05, 3.63) is 23.5 Å². The Labute approximate surface area is 99.8 Å². The molecule has 1 atom stereocenters. The molecule has 1 amide bonds. The van der Waals surface area contributed by atoms with Crippen LogP contribution < -0.4 is 5.32 Å². The fraction of sp³-hybridized carbons (Fsp3) is 0.500. The normalized spacial score (nSPS) is 19.2. The summed E-state index contributed by atoms with van der Waals surface area (Å²) in [6.07, 6.45) is 4.25. The van der Waals surface area contributed by atoms with Gasteiger partial charge in [-0.3, -0.25) is 9.59 Å². The molecule has 0 heterocycles. The van der Waals surface area contributed by atoms with Crippen LogP contribution in [0.4, 0.5) is 0 Å². The van der Waals surface area contributed by atoms with Gasteiger partial charge in [-0.1, -0.05) is 11.6 Å². The van der Waals surface area contributed by atoms with Gasteiger partial charge in [0.05, 0.1) is 5.92 Å². The maximum atomic E-state index is 11.7. The number of carbonyl (C=O) groups is 2. The SMILES string of the molecule is CC1=CC=C(O)C(C(=O)NCCCC(=O)O)C1. The third-order valence-corrected chi connectivity index (χ3v) is 2.60. The zero-order valence-electron chi connectivity index (χ0n) is 9.77. The first-order chi connectivity index (χ1) is 8.00. The van der Waals surface area contributed by atoms with Gasteiger partial charge in [-0.15, -0.1) is 0 Å². The summed E-state index contributed by atoms with van der Waals surface area (Å²) in [5.41, 5.74) is 1.04. The number of allylic oxidation sites excluding steroid dienone is 3. The molecule has 1 aliphatic rings. The van der Waals surface area contributed by atoms with Crippen LogP contribution in [0.3, 0.4) is 0 Å². The van der Waals surface area contributed by atoms with Crippen LogP contribution in [0.25, 0.3) is 0 Å².